The second-order valence-electron chi connectivity index (χ2n) is 9.91. The maximum Gasteiger partial charge on any atom is 0.272 e. The fourth-order valence-electron chi connectivity index (χ4n) is 4.10. The number of aliphatic imine (C=N–C) groups is 1. The zero-order chi connectivity index (χ0) is 26.2. The minimum absolute atomic E-state index is 0.0530. The van der Waals surface area contributed by atoms with Crippen molar-refractivity contribution in [2.45, 2.75) is 45.7 Å². The molecule has 0 unspecified atom stereocenters. The lowest BCUT2D eigenvalue weighted by molar-refractivity contribution is -0.132. The summed E-state index contributed by atoms with van der Waals surface area (Å²) in [5.74, 6) is 0.584. The van der Waals surface area contributed by atoms with E-state index in [1.54, 1.807) is 41.5 Å². The number of nitrogens with two attached hydrogens (primary N) is 2. The van der Waals surface area contributed by atoms with Crippen molar-refractivity contribution < 1.29 is 9.59 Å². The number of halogens is 1. The van der Waals surface area contributed by atoms with Crippen molar-refractivity contribution in [2.24, 2.45) is 17.8 Å². The number of hydrogen-bond acceptors (Lipinski definition) is 5. The van der Waals surface area contributed by atoms with Crippen LogP contribution in [-0.2, 0) is 23.8 Å². The number of amidine groups is 1. The van der Waals surface area contributed by atoms with E-state index in [1.165, 1.54) is 6.08 Å². The van der Waals surface area contributed by atoms with Crippen LogP contribution in [0, 0.1) is 6.92 Å². The van der Waals surface area contributed by atoms with Gasteiger partial charge in [0, 0.05) is 43.5 Å². The molecule has 9 nitrogen and oxygen atoms in total. The van der Waals surface area contributed by atoms with E-state index in [4.69, 9.17) is 23.1 Å². The van der Waals surface area contributed by atoms with Crippen LogP contribution in [0.25, 0.3) is 0 Å². The fraction of sp³-hybridized carbons (Fsp3) is 0.440. The van der Waals surface area contributed by atoms with Crippen molar-refractivity contribution in [1.82, 2.24) is 19.4 Å². The van der Waals surface area contributed by atoms with Crippen molar-refractivity contribution >= 4 is 34.9 Å². The lowest BCUT2D eigenvalue weighted by Crippen LogP contribution is -2.61. The minimum Gasteiger partial charge on any atom is -0.398 e. The van der Waals surface area contributed by atoms with Gasteiger partial charge in [0.15, 0.2) is 0 Å². The number of aromatic nitrogens is 2. The van der Waals surface area contributed by atoms with Gasteiger partial charge in [-0.15, -0.1) is 0 Å². The van der Waals surface area contributed by atoms with Gasteiger partial charge in [0.2, 0.25) is 5.91 Å². The van der Waals surface area contributed by atoms with Gasteiger partial charge in [0.25, 0.3) is 5.91 Å². The van der Waals surface area contributed by atoms with Crippen molar-refractivity contribution in [3.8, 4) is 0 Å². The van der Waals surface area contributed by atoms with Gasteiger partial charge in [-0.2, -0.15) is 0 Å². The van der Waals surface area contributed by atoms with Gasteiger partial charge < -0.3 is 25.8 Å². The highest BCUT2D eigenvalue weighted by Gasteiger charge is 2.36. The molecule has 10 heteroatoms. The van der Waals surface area contributed by atoms with E-state index in [0.29, 0.717) is 46.6 Å². The van der Waals surface area contributed by atoms with Gasteiger partial charge in [-0.3, -0.25) is 14.6 Å². The molecule has 4 N–H and O–H groups in total. The molecule has 0 radical (unpaired) electrons. The number of likely N-dealkylation sites (tertiary alicyclic amines) is 1. The van der Waals surface area contributed by atoms with Crippen LogP contribution in [0.1, 0.15) is 53.9 Å². The third-order valence-electron chi connectivity index (χ3n) is 6.40. The fourth-order valence-corrected chi connectivity index (χ4v) is 4.56. The number of nitrogens with zero attached hydrogens (tertiary/aromatic N) is 5. The van der Waals surface area contributed by atoms with Crippen molar-refractivity contribution in [3.63, 3.8) is 0 Å². The normalized spacial score (nSPS) is 14.6. The van der Waals surface area contributed by atoms with Crippen LogP contribution in [0.4, 0.5) is 5.69 Å². The number of rotatable bonds is 6. The number of likely N-dealkylation sites (N-methyl/N-ethyl adjacent to an activating group) is 1. The SMILES string of the molecule is C=CC(=O)N1CC(N(C)C(=O)c2c(C)nc(CN=C(N)c3cc(C(C)(C)C)c(Cl)cc3N)n2C)C1. The molecule has 2 heterocycles. The number of carbonyl (C=O) groups is 2. The van der Waals surface area contributed by atoms with Crippen LogP contribution in [0.3, 0.4) is 0 Å². The zero-order valence-electron chi connectivity index (χ0n) is 21.2. The standard InChI is InChI=1S/C25H34ClN7O2/c1-8-21(34)33-12-15(13-33)31(6)24(35)22-14(2)30-20(32(22)7)11-29-23(28)16-9-17(25(3,4)5)18(26)10-19(16)27/h8-10,15H,1,11-13,27H2,2-7H3,(H2,28,29). The monoisotopic (exact) mass is 499 g/mol. The molecular weight excluding hydrogens is 466 g/mol. The molecule has 1 aliphatic rings. The Morgan fingerprint density at radius 1 is 1.34 bits per heavy atom. The Morgan fingerprint density at radius 2 is 1.97 bits per heavy atom. The van der Waals surface area contributed by atoms with E-state index in [-0.39, 0.29) is 35.7 Å². The third kappa shape index (κ3) is 5.19. The van der Waals surface area contributed by atoms with Gasteiger partial charge in [-0.25, -0.2) is 4.98 Å². The van der Waals surface area contributed by atoms with Crippen LogP contribution in [0.5, 0.6) is 0 Å². The Kier molecular flexibility index (Phi) is 7.31. The molecule has 188 valence electrons. The molecule has 0 bridgehead atoms. The van der Waals surface area contributed by atoms with Gasteiger partial charge >= 0.3 is 0 Å². The topological polar surface area (TPSA) is 123 Å². The number of amides is 2. The zero-order valence-corrected chi connectivity index (χ0v) is 22.0. The van der Waals surface area contributed by atoms with Gasteiger partial charge in [0.05, 0.1) is 18.3 Å². The van der Waals surface area contributed by atoms with Crippen molar-refractivity contribution in [2.75, 3.05) is 25.9 Å². The summed E-state index contributed by atoms with van der Waals surface area (Å²) in [6.07, 6.45) is 1.28. The molecule has 0 spiro atoms. The summed E-state index contributed by atoms with van der Waals surface area (Å²) in [7, 11) is 3.52. The first kappa shape index (κ1) is 26.3. The summed E-state index contributed by atoms with van der Waals surface area (Å²) in [6, 6.07) is 3.52. The second kappa shape index (κ2) is 9.73. The summed E-state index contributed by atoms with van der Waals surface area (Å²) >= 11 is 6.39. The van der Waals surface area contributed by atoms with Gasteiger partial charge in [-0.05, 0) is 36.1 Å². The number of anilines is 1. The smallest absolute Gasteiger partial charge is 0.272 e. The highest BCUT2D eigenvalue weighted by molar-refractivity contribution is 6.32. The highest BCUT2D eigenvalue weighted by Crippen LogP contribution is 2.33. The average molecular weight is 500 g/mol. The molecule has 0 atom stereocenters. The molecule has 1 aromatic heterocycles. The maximum absolute atomic E-state index is 13.2. The van der Waals surface area contributed by atoms with Crippen LogP contribution in [0.2, 0.25) is 5.02 Å². The molecule has 1 aromatic carbocycles. The van der Waals surface area contributed by atoms with Gasteiger partial charge in [-0.1, -0.05) is 39.0 Å². The largest absolute Gasteiger partial charge is 0.398 e. The first-order chi connectivity index (χ1) is 16.3. The summed E-state index contributed by atoms with van der Waals surface area (Å²) in [4.78, 5) is 37.3. The highest BCUT2D eigenvalue weighted by atomic mass is 35.5. The van der Waals surface area contributed by atoms with Crippen LogP contribution in [0.15, 0.2) is 29.8 Å². The molecule has 0 saturated carbocycles. The van der Waals surface area contributed by atoms with Crippen LogP contribution >= 0.6 is 11.6 Å². The van der Waals surface area contributed by atoms with E-state index in [1.807, 2.05) is 6.07 Å². The predicted molar refractivity (Wildman–Crippen MR) is 140 cm³/mol. The molecular formula is C25H34ClN7O2. The number of imidazole rings is 1. The third-order valence-corrected chi connectivity index (χ3v) is 6.71. The first-order valence-corrected chi connectivity index (χ1v) is 11.7. The molecule has 2 amide bonds. The Balaban J connectivity index is 1.79. The van der Waals surface area contributed by atoms with Gasteiger partial charge in [0.1, 0.15) is 17.4 Å². The number of carbonyl (C=O) groups excluding carboxylic acids is 2. The molecule has 3 rings (SSSR count). The number of hydrogen-bond donors (Lipinski definition) is 2. The average Bonchev–Trinajstić information content (AvgIpc) is 3.02. The van der Waals surface area contributed by atoms with E-state index in [0.717, 1.165) is 5.56 Å². The molecule has 2 aromatic rings. The number of nitrogen functional groups attached to an aromatic ring is 1. The van der Waals surface area contributed by atoms with E-state index >= 15 is 0 Å². The van der Waals surface area contributed by atoms with E-state index in [9.17, 15) is 9.59 Å². The first-order valence-electron chi connectivity index (χ1n) is 11.4. The Labute approximate surface area is 211 Å². The minimum atomic E-state index is -0.186. The molecule has 1 fully saturated rings. The molecule has 1 saturated heterocycles. The second-order valence-corrected chi connectivity index (χ2v) is 10.3. The molecule has 1 aliphatic heterocycles. The quantitative estimate of drug-likeness (QED) is 0.274. The van der Waals surface area contributed by atoms with E-state index in [2.05, 4.69) is 37.3 Å². The number of aryl methyl sites for hydroxylation is 1. The Hall–Kier alpha value is -3.33. The summed E-state index contributed by atoms with van der Waals surface area (Å²) in [6.45, 7) is 12.6. The van der Waals surface area contributed by atoms with E-state index < -0.39 is 0 Å². The summed E-state index contributed by atoms with van der Waals surface area (Å²) < 4.78 is 1.74. The summed E-state index contributed by atoms with van der Waals surface area (Å²) in [5, 5.41) is 0.585. The lowest BCUT2D eigenvalue weighted by atomic mass is 9.85. The Bertz CT molecular complexity index is 1200. The maximum atomic E-state index is 13.2. The molecule has 0 aliphatic carbocycles. The van der Waals surface area contributed by atoms with Crippen LogP contribution in [-0.4, -0.2) is 63.2 Å². The van der Waals surface area contributed by atoms with Crippen LogP contribution < -0.4 is 11.5 Å². The lowest BCUT2D eigenvalue weighted by Gasteiger charge is -2.43. The van der Waals surface area contributed by atoms with Crippen molar-refractivity contribution in [1.29, 1.82) is 0 Å². The predicted octanol–water partition coefficient (Wildman–Crippen LogP) is 2.64. The molecule has 35 heavy (non-hydrogen) atoms. The Morgan fingerprint density at radius 3 is 2.54 bits per heavy atom. The number of benzene rings is 1. The van der Waals surface area contributed by atoms with Crippen molar-refractivity contribution in [3.05, 3.63) is 58.1 Å². The summed E-state index contributed by atoms with van der Waals surface area (Å²) in [5.41, 5.74) is 15.4.